The fourth-order valence-corrected chi connectivity index (χ4v) is 9.26. The van der Waals surface area contributed by atoms with Gasteiger partial charge < -0.3 is 9.47 Å². The van der Waals surface area contributed by atoms with Crippen molar-refractivity contribution >= 4 is 44.3 Å². The summed E-state index contributed by atoms with van der Waals surface area (Å²) in [6.45, 7) is 4.39. The van der Waals surface area contributed by atoms with Crippen molar-refractivity contribution in [2.75, 3.05) is 4.90 Å². The van der Waals surface area contributed by atoms with Crippen LogP contribution in [0.3, 0.4) is 0 Å². The number of nitrogens with zero attached hydrogens (tertiary/aromatic N) is 2. The lowest BCUT2D eigenvalue weighted by Crippen LogP contribution is -2.18. The Kier molecular flexibility index (Phi) is 9.47. The Labute approximate surface area is 342 Å². The first-order valence-electron chi connectivity index (χ1n) is 20.9. The Balaban J connectivity index is 0.975. The molecule has 0 amide bonds. The van der Waals surface area contributed by atoms with E-state index in [2.05, 4.69) is 211 Å². The van der Waals surface area contributed by atoms with E-state index in [-0.39, 0.29) is 6.04 Å². The van der Waals surface area contributed by atoms with Gasteiger partial charge in [-0.2, -0.15) is 0 Å². The second-order valence-electron chi connectivity index (χ2n) is 16.1. The third-order valence-electron chi connectivity index (χ3n) is 12.3. The molecule has 0 spiro atoms. The number of aryl methyl sites for hydroxylation is 2. The summed E-state index contributed by atoms with van der Waals surface area (Å²) in [5, 5.41) is 2.70. The highest BCUT2D eigenvalue weighted by atomic mass is 15.1. The van der Waals surface area contributed by atoms with E-state index < -0.39 is 0 Å². The van der Waals surface area contributed by atoms with E-state index in [9.17, 15) is 0 Å². The Morgan fingerprint density at radius 1 is 0.483 bits per heavy atom. The molecule has 0 fully saturated rings. The van der Waals surface area contributed by atoms with Crippen LogP contribution < -0.4 is 4.90 Å². The van der Waals surface area contributed by atoms with Gasteiger partial charge in [0, 0.05) is 38.9 Å². The molecule has 3 aliphatic carbocycles. The zero-order valence-electron chi connectivity index (χ0n) is 33.4. The van der Waals surface area contributed by atoms with E-state index in [0.29, 0.717) is 0 Å². The Bertz CT molecular complexity index is 2780. The van der Waals surface area contributed by atoms with E-state index >= 15 is 0 Å². The molecule has 3 aliphatic rings. The largest absolute Gasteiger partial charge is 0.333 e. The molecule has 0 aliphatic heterocycles. The maximum absolute atomic E-state index is 2.57. The zero-order valence-corrected chi connectivity index (χ0v) is 33.4. The topological polar surface area (TPSA) is 8.17 Å². The molecule has 0 saturated heterocycles. The quantitative estimate of drug-likeness (QED) is 0.150. The lowest BCUT2D eigenvalue weighted by atomic mass is 9.89. The van der Waals surface area contributed by atoms with Crippen LogP contribution in [0.25, 0.3) is 44.1 Å². The third kappa shape index (κ3) is 6.90. The van der Waals surface area contributed by atoms with Crippen molar-refractivity contribution in [1.29, 1.82) is 0 Å². The summed E-state index contributed by atoms with van der Waals surface area (Å²) in [5.74, 6) is 0. The van der Waals surface area contributed by atoms with Gasteiger partial charge in [-0.15, -0.1) is 0 Å². The van der Waals surface area contributed by atoms with Gasteiger partial charge in [0.25, 0.3) is 0 Å². The molecule has 1 heterocycles. The molecule has 0 N–H and O–H groups in total. The number of hydrogen-bond acceptors (Lipinski definition) is 1. The highest BCUT2D eigenvalue weighted by Crippen LogP contribution is 2.41. The maximum Gasteiger partial charge on any atom is 0.0566 e. The summed E-state index contributed by atoms with van der Waals surface area (Å²) >= 11 is 0. The molecule has 0 radical (unpaired) electrons. The number of rotatable bonds is 8. The first kappa shape index (κ1) is 35.8. The highest BCUT2D eigenvalue weighted by molar-refractivity contribution is 6.08. The van der Waals surface area contributed by atoms with E-state index in [1.165, 1.54) is 94.6 Å². The fraction of sp³-hybridized carbons (Fsp3) is 0.143. The molecule has 7 aromatic rings. The van der Waals surface area contributed by atoms with Crippen LogP contribution in [0.4, 0.5) is 11.4 Å². The van der Waals surface area contributed by atoms with Crippen molar-refractivity contribution in [3.8, 4) is 11.1 Å². The molecule has 1 unspecified atom stereocenters. The molecule has 6 aromatic carbocycles. The third-order valence-corrected chi connectivity index (χ3v) is 12.3. The second-order valence-corrected chi connectivity index (χ2v) is 16.1. The van der Waals surface area contributed by atoms with Crippen LogP contribution in [-0.2, 0) is 0 Å². The number of fused-ring (bicyclic) bond motifs is 3. The van der Waals surface area contributed by atoms with Gasteiger partial charge in [-0.25, -0.2) is 0 Å². The van der Waals surface area contributed by atoms with E-state index in [4.69, 9.17) is 0 Å². The van der Waals surface area contributed by atoms with Gasteiger partial charge in [0.05, 0.1) is 6.04 Å². The molecule has 2 nitrogen and oxygen atoms in total. The van der Waals surface area contributed by atoms with Crippen LogP contribution >= 0.6 is 0 Å². The van der Waals surface area contributed by atoms with Crippen molar-refractivity contribution in [3.63, 3.8) is 0 Å². The number of hydrogen-bond donors (Lipinski definition) is 0. The lowest BCUT2D eigenvalue weighted by molar-refractivity contribution is 0.643. The maximum atomic E-state index is 2.57. The molecular weight excluding hydrogens is 701 g/mol. The summed E-state index contributed by atoms with van der Waals surface area (Å²) in [6.07, 6.45) is 21.6. The molecule has 58 heavy (non-hydrogen) atoms. The van der Waals surface area contributed by atoms with Gasteiger partial charge in [-0.05, 0) is 145 Å². The summed E-state index contributed by atoms with van der Waals surface area (Å²) in [7, 11) is 0. The molecule has 1 atom stereocenters. The van der Waals surface area contributed by atoms with Gasteiger partial charge in [0.1, 0.15) is 0 Å². The fourth-order valence-electron chi connectivity index (χ4n) is 9.26. The molecule has 0 bridgehead atoms. The standard InChI is InChI=1S/C56H48N2/c1-39-16-34-55-53(36-39)54-37-40(2)17-35-56(54)58(55)52-15-9-14-48(38-52)47-26-32-51(33-27-47)57(49-28-22-45(23-29-49)42-12-7-4-8-13-42)50-30-24-46(25-31-50)44-20-18-43(19-21-44)41-10-5-3-6-11-41/h3-14,16-18,20,22-26,28-32,34-38,52H,15,19,21,27,33H2,1-2H3. The van der Waals surface area contributed by atoms with Gasteiger partial charge in [-0.3, -0.25) is 0 Å². The summed E-state index contributed by atoms with van der Waals surface area (Å²) < 4.78 is 2.57. The first-order chi connectivity index (χ1) is 28.6. The molecular formula is C56H48N2. The first-order valence-corrected chi connectivity index (χ1v) is 20.9. The number of aromatic nitrogens is 1. The number of anilines is 2. The van der Waals surface area contributed by atoms with Crippen molar-refractivity contribution in [3.05, 3.63) is 227 Å². The molecule has 1 aromatic heterocycles. The van der Waals surface area contributed by atoms with Crippen molar-refractivity contribution < 1.29 is 0 Å². The van der Waals surface area contributed by atoms with Crippen LogP contribution in [0.5, 0.6) is 0 Å². The van der Waals surface area contributed by atoms with E-state index in [1.807, 2.05) is 0 Å². The van der Waals surface area contributed by atoms with Crippen LogP contribution in [0.15, 0.2) is 205 Å². The predicted molar refractivity (Wildman–Crippen MR) is 247 cm³/mol. The van der Waals surface area contributed by atoms with Gasteiger partial charge >= 0.3 is 0 Å². The van der Waals surface area contributed by atoms with Crippen molar-refractivity contribution in [1.82, 2.24) is 4.57 Å². The summed E-state index contributed by atoms with van der Waals surface area (Å²) in [5.41, 5.74) is 19.5. The second kappa shape index (κ2) is 15.4. The Hall–Kier alpha value is -6.64. The highest BCUT2D eigenvalue weighted by Gasteiger charge is 2.23. The van der Waals surface area contributed by atoms with Gasteiger partial charge in [0.15, 0.2) is 0 Å². The number of allylic oxidation sites excluding steroid dienone is 12. The van der Waals surface area contributed by atoms with Gasteiger partial charge in [0.2, 0.25) is 0 Å². The van der Waals surface area contributed by atoms with Crippen molar-refractivity contribution in [2.24, 2.45) is 0 Å². The minimum absolute atomic E-state index is 0.259. The average Bonchev–Trinajstić information content (AvgIpc) is 3.60. The van der Waals surface area contributed by atoms with E-state index in [1.54, 1.807) is 0 Å². The zero-order chi connectivity index (χ0) is 39.0. The van der Waals surface area contributed by atoms with Crippen LogP contribution in [0.2, 0.25) is 0 Å². The summed E-state index contributed by atoms with van der Waals surface area (Å²) in [4.78, 5) is 2.46. The monoisotopic (exact) mass is 748 g/mol. The normalized spacial score (nSPS) is 16.7. The van der Waals surface area contributed by atoms with Crippen LogP contribution in [0.1, 0.15) is 60.4 Å². The van der Waals surface area contributed by atoms with Crippen LogP contribution in [-0.4, -0.2) is 4.57 Å². The van der Waals surface area contributed by atoms with Crippen molar-refractivity contribution in [2.45, 2.75) is 52.0 Å². The van der Waals surface area contributed by atoms with Crippen LogP contribution in [0, 0.1) is 13.8 Å². The predicted octanol–water partition coefficient (Wildman–Crippen LogP) is 15.2. The number of benzene rings is 6. The molecule has 0 saturated carbocycles. The Morgan fingerprint density at radius 2 is 0.983 bits per heavy atom. The SMILES string of the molecule is Cc1ccc2c(c1)c1cc(C)ccc1n2C1C=C(C2=CC=C(N(c3ccc(C4=CC=C(c5ccccc5)CC4)cc3)c3ccc(-c4ccccc4)cc3)CC2)C=CC1. The minimum atomic E-state index is 0.259. The van der Waals surface area contributed by atoms with Gasteiger partial charge in [-0.1, -0.05) is 145 Å². The molecule has 282 valence electrons. The molecule has 2 heteroatoms. The average molecular weight is 749 g/mol. The lowest BCUT2D eigenvalue weighted by Gasteiger charge is -2.31. The Morgan fingerprint density at radius 3 is 1.53 bits per heavy atom. The van der Waals surface area contributed by atoms with E-state index in [0.717, 1.165) is 32.1 Å². The minimum Gasteiger partial charge on any atom is -0.333 e. The molecule has 10 rings (SSSR count). The summed E-state index contributed by atoms with van der Waals surface area (Å²) in [6, 6.07) is 53.9. The smallest absolute Gasteiger partial charge is 0.0566 e.